The summed E-state index contributed by atoms with van der Waals surface area (Å²) in [5.41, 5.74) is 8.74. The Morgan fingerprint density at radius 1 is 1.15 bits per heavy atom. The van der Waals surface area contributed by atoms with Gasteiger partial charge in [-0.1, -0.05) is 32.0 Å². The van der Waals surface area contributed by atoms with Gasteiger partial charge in [0.25, 0.3) is 0 Å². The molecule has 9 heteroatoms. The van der Waals surface area contributed by atoms with E-state index in [1.165, 1.54) is 5.01 Å². The van der Waals surface area contributed by atoms with Crippen LogP contribution in [-0.4, -0.2) is 53.6 Å². The van der Waals surface area contributed by atoms with Gasteiger partial charge in [0.15, 0.2) is 0 Å². The number of benzene rings is 2. The Bertz CT molecular complexity index is 954. The highest BCUT2D eigenvalue weighted by Crippen LogP contribution is 2.36. The number of hydrogen-bond acceptors (Lipinski definition) is 7. The molecule has 0 aliphatic carbocycles. The van der Waals surface area contributed by atoms with E-state index in [2.05, 4.69) is 41.9 Å². The number of hydrazine groups is 1. The highest BCUT2D eigenvalue weighted by molar-refractivity contribution is 9.10. The van der Waals surface area contributed by atoms with Crippen molar-refractivity contribution in [3.05, 3.63) is 69.5 Å². The zero-order valence-corrected chi connectivity index (χ0v) is 22.3. The van der Waals surface area contributed by atoms with Crippen LogP contribution in [0.1, 0.15) is 38.3 Å². The van der Waals surface area contributed by atoms with E-state index in [1.807, 2.05) is 30.3 Å². The molecule has 0 aliphatic heterocycles. The van der Waals surface area contributed by atoms with Crippen molar-refractivity contribution in [3.8, 4) is 11.5 Å². The molecule has 0 aromatic heterocycles. The molecule has 0 fully saturated rings. The first-order valence-corrected chi connectivity index (χ1v) is 12.4. The third-order valence-electron chi connectivity index (χ3n) is 5.72. The molecular formula is C25H35BrClN3O4. The summed E-state index contributed by atoms with van der Waals surface area (Å²) in [6.07, 6.45) is 0.00938. The van der Waals surface area contributed by atoms with E-state index >= 15 is 0 Å². The van der Waals surface area contributed by atoms with Gasteiger partial charge in [-0.2, -0.15) is 0 Å². The van der Waals surface area contributed by atoms with Crippen molar-refractivity contribution in [1.29, 1.82) is 0 Å². The van der Waals surface area contributed by atoms with Crippen LogP contribution >= 0.6 is 27.5 Å². The molecule has 0 unspecified atom stereocenters. The van der Waals surface area contributed by atoms with Crippen LogP contribution in [0.2, 0.25) is 0 Å². The molecule has 2 aromatic rings. The van der Waals surface area contributed by atoms with Crippen LogP contribution in [0.5, 0.6) is 11.5 Å². The normalized spacial score (nSPS) is 13.3. The third-order valence-corrected chi connectivity index (χ3v) is 6.69. The molecule has 34 heavy (non-hydrogen) atoms. The third kappa shape index (κ3) is 7.78. The van der Waals surface area contributed by atoms with E-state index in [-0.39, 0.29) is 24.5 Å². The van der Waals surface area contributed by atoms with Gasteiger partial charge in [0.2, 0.25) is 0 Å². The molecule has 7 nitrogen and oxygen atoms in total. The van der Waals surface area contributed by atoms with Crippen molar-refractivity contribution in [2.24, 2.45) is 11.6 Å². The van der Waals surface area contributed by atoms with Crippen LogP contribution < -0.4 is 21.1 Å². The molecule has 0 amide bonds. The van der Waals surface area contributed by atoms with Gasteiger partial charge in [0.05, 0.1) is 29.3 Å². The second-order valence-corrected chi connectivity index (χ2v) is 9.74. The lowest BCUT2D eigenvalue weighted by atomic mass is 9.78. The summed E-state index contributed by atoms with van der Waals surface area (Å²) in [6, 6.07) is 14.0. The van der Waals surface area contributed by atoms with Crippen molar-refractivity contribution in [3.63, 3.8) is 0 Å². The van der Waals surface area contributed by atoms with Gasteiger partial charge in [-0.3, -0.25) is 0 Å². The van der Waals surface area contributed by atoms with Crippen molar-refractivity contribution in [1.82, 2.24) is 5.01 Å². The molecule has 0 saturated carbocycles. The summed E-state index contributed by atoms with van der Waals surface area (Å²) >= 11 is 9.19. The molecular weight excluding hydrogens is 522 g/mol. The Labute approximate surface area is 215 Å². The molecule has 0 spiro atoms. The molecule has 6 N–H and O–H groups in total. The van der Waals surface area contributed by atoms with Gasteiger partial charge in [-0.25, -0.2) is 5.84 Å². The molecule has 1 atom stereocenters. The first-order valence-electron chi connectivity index (χ1n) is 11.1. The largest absolute Gasteiger partial charge is 0.494 e. The Morgan fingerprint density at radius 2 is 1.79 bits per heavy atom. The summed E-state index contributed by atoms with van der Waals surface area (Å²) in [5.74, 6) is 7.53. The lowest BCUT2D eigenvalue weighted by Gasteiger charge is -2.27. The Kier molecular flexibility index (Phi) is 11.0. The summed E-state index contributed by atoms with van der Waals surface area (Å²) in [7, 11) is 0. The lowest BCUT2D eigenvalue weighted by molar-refractivity contribution is 0.125. The fraction of sp³-hybridized carbons (Fsp3) is 0.440. The summed E-state index contributed by atoms with van der Waals surface area (Å²) in [6.45, 7) is 7.10. The van der Waals surface area contributed by atoms with Gasteiger partial charge in [-0.05, 0) is 58.2 Å². The van der Waals surface area contributed by atoms with Crippen LogP contribution in [-0.2, 0) is 5.41 Å². The first kappa shape index (κ1) is 28.3. The summed E-state index contributed by atoms with van der Waals surface area (Å²) < 4.78 is 12.3. The number of halogens is 2. The number of alkyl halides is 1. The minimum atomic E-state index is -0.703. The van der Waals surface area contributed by atoms with Crippen molar-refractivity contribution < 1.29 is 19.7 Å². The van der Waals surface area contributed by atoms with E-state index in [0.29, 0.717) is 36.7 Å². The second-order valence-electron chi connectivity index (χ2n) is 8.58. The predicted octanol–water partition coefficient (Wildman–Crippen LogP) is 3.88. The highest BCUT2D eigenvalue weighted by Gasteiger charge is 2.24. The van der Waals surface area contributed by atoms with E-state index in [0.717, 1.165) is 21.3 Å². The zero-order chi connectivity index (χ0) is 25.3. The molecule has 0 aliphatic rings. The molecule has 0 radical (unpaired) electrons. The molecule has 2 aromatic carbocycles. The van der Waals surface area contributed by atoms with Gasteiger partial charge in [-0.15, -0.1) is 11.6 Å². The Hall–Kier alpha value is -1.97. The predicted molar refractivity (Wildman–Crippen MR) is 140 cm³/mol. The lowest BCUT2D eigenvalue weighted by Crippen LogP contribution is -2.33. The van der Waals surface area contributed by atoms with Crippen molar-refractivity contribution in [2.75, 3.05) is 32.2 Å². The van der Waals surface area contributed by atoms with Gasteiger partial charge >= 0.3 is 0 Å². The van der Waals surface area contributed by atoms with Crippen LogP contribution in [0.3, 0.4) is 0 Å². The minimum absolute atomic E-state index is 0.130. The molecule has 188 valence electrons. The van der Waals surface area contributed by atoms with Crippen molar-refractivity contribution >= 4 is 27.5 Å². The number of ether oxygens (including phenoxy) is 2. The second kappa shape index (κ2) is 13.2. The fourth-order valence-corrected chi connectivity index (χ4v) is 3.85. The average molecular weight is 557 g/mol. The maximum Gasteiger partial charge on any atom is 0.133 e. The topological polar surface area (TPSA) is 114 Å². The number of nitrogens with two attached hydrogens (primary N) is 2. The van der Waals surface area contributed by atoms with Gasteiger partial charge < -0.3 is 30.4 Å². The standard InChI is InChI=1S/C25H35BrClN3O4/c1-17(23(28)15-31)30(29)11-4-12-33-21-8-5-18(6-9-21)25(2,3)19-7-10-24(22(26)13-19)34-16-20(32)14-27/h5-10,13,20,31-32H,4,11-12,14-16,28-29H2,1-3H3/b23-17-/t20-/m0/s1. The molecule has 0 saturated heterocycles. The van der Waals surface area contributed by atoms with Crippen LogP contribution in [0.4, 0.5) is 0 Å². The zero-order valence-electron chi connectivity index (χ0n) is 19.9. The number of aliphatic hydroxyl groups excluding tert-OH is 2. The number of nitrogens with zero attached hydrogens (tertiary/aromatic N) is 1. The highest BCUT2D eigenvalue weighted by atomic mass is 79.9. The number of rotatable bonds is 13. The van der Waals surface area contributed by atoms with Crippen LogP contribution in [0.25, 0.3) is 0 Å². The Morgan fingerprint density at radius 3 is 2.38 bits per heavy atom. The summed E-state index contributed by atoms with van der Waals surface area (Å²) in [5, 5.41) is 20.2. The molecule has 0 heterocycles. The van der Waals surface area contributed by atoms with Gasteiger partial charge in [0, 0.05) is 24.1 Å². The maximum atomic E-state index is 9.60. The van der Waals surface area contributed by atoms with E-state index in [9.17, 15) is 5.11 Å². The Balaban J connectivity index is 1.96. The quantitative estimate of drug-likeness (QED) is 0.128. The smallest absolute Gasteiger partial charge is 0.133 e. The molecule has 0 bridgehead atoms. The van der Waals surface area contributed by atoms with Crippen LogP contribution in [0, 0.1) is 0 Å². The SMILES string of the molecule is C/C(=C(/N)CO)N(N)CCCOc1ccc(C(C)(C)c2ccc(OC[C@@H](O)CCl)c(Br)c2)cc1. The van der Waals surface area contributed by atoms with Crippen molar-refractivity contribution in [2.45, 2.75) is 38.7 Å². The minimum Gasteiger partial charge on any atom is -0.494 e. The number of aliphatic hydroxyl groups is 2. The molecule has 2 rings (SSSR count). The average Bonchev–Trinajstić information content (AvgIpc) is 2.84. The van der Waals surface area contributed by atoms with E-state index in [1.54, 1.807) is 6.92 Å². The van der Waals surface area contributed by atoms with Crippen LogP contribution in [0.15, 0.2) is 58.3 Å². The maximum absolute atomic E-state index is 9.60. The van der Waals surface area contributed by atoms with Gasteiger partial charge in [0.1, 0.15) is 24.2 Å². The number of allylic oxidation sites excluding steroid dienone is 1. The van der Waals surface area contributed by atoms with E-state index < -0.39 is 6.10 Å². The van der Waals surface area contributed by atoms with E-state index in [4.69, 9.17) is 37.8 Å². The first-order chi connectivity index (χ1) is 16.1. The fourth-order valence-electron chi connectivity index (χ4n) is 3.26. The number of hydrogen-bond donors (Lipinski definition) is 4. The monoisotopic (exact) mass is 555 g/mol. The summed E-state index contributed by atoms with van der Waals surface area (Å²) in [4.78, 5) is 0.